The van der Waals surface area contributed by atoms with Gasteiger partial charge in [-0.15, -0.1) is 0 Å². The van der Waals surface area contributed by atoms with Gasteiger partial charge in [0, 0.05) is 30.9 Å². The molecule has 0 saturated carbocycles. The van der Waals surface area contributed by atoms with E-state index in [4.69, 9.17) is 25.8 Å². The van der Waals surface area contributed by atoms with Crippen molar-refractivity contribution in [1.82, 2.24) is 15.3 Å². The molecule has 0 spiro atoms. The third-order valence-corrected chi connectivity index (χ3v) is 6.68. The van der Waals surface area contributed by atoms with Gasteiger partial charge in [-0.2, -0.15) is 0 Å². The van der Waals surface area contributed by atoms with Crippen LogP contribution in [0, 0.1) is 0 Å². The number of para-hydroxylation sites is 2. The van der Waals surface area contributed by atoms with E-state index in [0.717, 1.165) is 28.9 Å². The highest BCUT2D eigenvalue weighted by atomic mass is 35.5. The smallest absolute Gasteiger partial charge is 0.255 e. The minimum absolute atomic E-state index is 0.276. The van der Waals surface area contributed by atoms with Crippen molar-refractivity contribution >= 4 is 23.3 Å². The largest absolute Gasteiger partial charge is 0.493 e. The number of rotatable bonds is 7. The molecule has 0 fully saturated rings. The molecular formula is C29H25ClN4O4. The number of halogens is 1. The molecule has 6 rings (SSSR count). The summed E-state index contributed by atoms with van der Waals surface area (Å²) in [5.41, 5.74) is 4.22. The number of nitrogens with zero attached hydrogens (tertiary/aromatic N) is 2. The van der Waals surface area contributed by atoms with Gasteiger partial charge in [-0.3, -0.25) is 4.79 Å². The van der Waals surface area contributed by atoms with Gasteiger partial charge in [0.2, 0.25) is 0 Å². The second-order valence-electron chi connectivity index (χ2n) is 9.09. The molecule has 2 aromatic heterocycles. The Kier molecular flexibility index (Phi) is 6.71. The molecule has 2 N–H and O–H groups in total. The van der Waals surface area contributed by atoms with Gasteiger partial charge in [0.05, 0.1) is 18.7 Å². The normalized spacial score (nSPS) is 15.3. The van der Waals surface area contributed by atoms with E-state index in [0.29, 0.717) is 47.8 Å². The Morgan fingerprint density at radius 2 is 1.87 bits per heavy atom. The van der Waals surface area contributed by atoms with E-state index in [-0.39, 0.29) is 18.6 Å². The van der Waals surface area contributed by atoms with E-state index in [9.17, 15) is 4.79 Å². The van der Waals surface area contributed by atoms with Crippen LogP contribution in [0.25, 0.3) is 11.1 Å². The maximum Gasteiger partial charge on any atom is 0.255 e. The van der Waals surface area contributed by atoms with Gasteiger partial charge in [-0.05, 0) is 53.1 Å². The molecule has 1 atom stereocenters. The summed E-state index contributed by atoms with van der Waals surface area (Å²) in [5.74, 6) is 2.47. The van der Waals surface area contributed by atoms with Gasteiger partial charge in [-0.1, -0.05) is 35.9 Å². The zero-order valence-corrected chi connectivity index (χ0v) is 21.2. The van der Waals surface area contributed by atoms with Crippen molar-refractivity contribution in [2.24, 2.45) is 0 Å². The Morgan fingerprint density at radius 1 is 0.974 bits per heavy atom. The van der Waals surface area contributed by atoms with Crippen LogP contribution in [-0.2, 0) is 13.0 Å². The Morgan fingerprint density at radius 3 is 2.76 bits per heavy atom. The molecule has 1 unspecified atom stereocenters. The first-order valence-electron chi connectivity index (χ1n) is 12.4. The number of fused-ring (bicyclic) bond motifs is 2. The lowest BCUT2D eigenvalue weighted by Crippen LogP contribution is -2.41. The second-order valence-corrected chi connectivity index (χ2v) is 9.48. The summed E-state index contributed by atoms with van der Waals surface area (Å²) in [7, 11) is 0. The van der Waals surface area contributed by atoms with Crippen LogP contribution in [0.4, 0.5) is 5.82 Å². The van der Waals surface area contributed by atoms with E-state index in [1.54, 1.807) is 24.5 Å². The Hall–Kier alpha value is -4.30. The monoisotopic (exact) mass is 528 g/mol. The molecule has 192 valence electrons. The van der Waals surface area contributed by atoms with E-state index in [1.807, 2.05) is 36.4 Å². The molecule has 0 aliphatic carbocycles. The predicted octanol–water partition coefficient (Wildman–Crippen LogP) is 4.91. The summed E-state index contributed by atoms with van der Waals surface area (Å²) >= 11 is 6.10. The molecule has 9 heteroatoms. The summed E-state index contributed by atoms with van der Waals surface area (Å²) in [6.07, 6.45) is 3.95. The third-order valence-electron chi connectivity index (χ3n) is 6.47. The zero-order valence-electron chi connectivity index (χ0n) is 20.4. The molecule has 8 nitrogen and oxygen atoms in total. The molecule has 0 saturated heterocycles. The van der Waals surface area contributed by atoms with Crippen LogP contribution in [0.1, 0.15) is 21.5 Å². The number of hydrogen-bond acceptors (Lipinski definition) is 7. The molecule has 2 aliphatic rings. The topological polar surface area (TPSA) is 94.6 Å². The van der Waals surface area contributed by atoms with Gasteiger partial charge >= 0.3 is 0 Å². The summed E-state index contributed by atoms with van der Waals surface area (Å²) in [4.78, 5) is 22.1. The fourth-order valence-electron chi connectivity index (χ4n) is 4.49. The number of hydrogen-bond donors (Lipinski definition) is 2. The molecule has 1 amide bonds. The van der Waals surface area contributed by atoms with Gasteiger partial charge in [0.25, 0.3) is 5.91 Å². The number of nitrogens with one attached hydrogen (secondary N) is 2. The molecule has 0 bridgehead atoms. The number of anilines is 1. The van der Waals surface area contributed by atoms with E-state index >= 15 is 0 Å². The number of benzene rings is 2. The maximum absolute atomic E-state index is 13.4. The lowest BCUT2D eigenvalue weighted by molar-refractivity contribution is 0.0789. The third kappa shape index (κ3) is 5.21. The van der Waals surface area contributed by atoms with Gasteiger partial charge in [0.15, 0.2) is 11.5 Å². The van der Waals surface area contributed by atoms with Crippen LogP contribution in [-0.4, -0.2) is 41.7 Å². The average molecular weight is 529 g/mol. The molecule has 4 aromatic rings. The fraction of sp³-hybridized carbons (Fsp3) is 0.207. The summed E-state index contributed by atoms with van der Waals surface area (Å²) < 4.78 is 17.5. The van der Waals surface area contributed by atoms with Crippen molar-refractivity contribution in [3.63, 3.8) is 0 Å². The second kappa shape index (κ2) is 10.6. The first-order valence-corrected chi connectivity index (χ1v) is 12.8. The van der Waals surface area contributed by atoms with Crippen molar-refractivity contribution in [1.29, 1.82) is 0 Å². The Labute approximate surface area is 224 Å². The summed E-state index contributed by atoms with van der Waals surface area (Å²) in [5, 5.41) is 6.67. The molecule has 0 radical (unpaired) electrons. The van der Waals surface area contributed by atoms with E-state index in [2.05, 4.69) is 32.7 Å². The molecule has 4 heterocycles. The van der Waals surface area contributed by atoms with Crippen molar-refractivity contribution in [2.45, 2.75) is 19.1 Å². The first-order chi connectivity index (χ1) is 18.6. The van der Waals surface area contributed by atoms with Crippen LogP contribution in [0.3, 0.4) is 0 Å². The molecular weight excluding hydrogens is 504 g/mol. The highest BCUT2D eigenvalue weighted by Crippen LogP contribution is 2.31. The predicted molar refractivity (Wildman–Crippen MR) is 144 cm³/mol. The summed E-state index contributed by atoms with van der Waals surface area (Å²) in [6, 6.07) is 19.0. The van der Waals surface area contributed by atoms with Gasteiger partial charge in [-0.25, -0.2) is 9.97 Å². The number of pyridine rings is 2. The van der Waals surface area contributed by atoms with Crippen molar-refractivity contribution < 1.29 is 19.0 Å². The van der Waals surface area contributed by atoms with Crippen molar-refractivity contribution in [2.75, 3.05) is 25.1 Å². The van der Waals surface area contributed by atoms with Gasteiger partial charge < -0.3 is 24.8 Å². The number of carbonyl (C=O) groups excluding carboxylic acids is 1. The van der Waals surface area contributed by atoms with Crippen LogP contribution in [0.2, 0.25) is 5.15 Å². The number of carbonyl (C=O) groups is 1. The maximum atomic E-state index is 13.4. The van der Waals surface area contributed by atoms with Crippen LogP contribution >= 0.6 is 11.6 Å². The SMILES string of the molecule is O=C(NCC1COc2ccccc2O1)c1cc(-c2ccnc(Cl)c2)cnc1NCc1ccc2c(c1)OCC2. The molecule has 38 heavy (non-hydrogen) atoms. The highest BCUT2D eigenvalue weighted by molar-refractivity contribution is 6.29. The number of aromatic nitrogens is 2. The quantitative estimate of drug-likeness (QED) is 0.329. The highest BCUT2D eigenvalue weighted by Gasteiger charge is 2.23. The minimum Gasteiger partial charge on any atom is -0.493 e. The van der Waals surface area contributed by atoms with Crippen molar-refractivity contribution in [3.05, 3.63) is 94.9 Å². The zero-order chi connectivity index (χ0) is 25.9. The summed E-state index contributed by atoms with van der Waals surface area (Å²) in [6.45, 7) is 1.82. The lowest BCUT2D eigenvalue weighted by Gasteiger charge is -2.26. The first kappa shape index (κ1) is 24.1. The van der Waals surface area contributed by atoms with E-state index in [1.165, 1.54) is 5.56 Å². The molecule has 2 aliphatic heterocycles. The van der Waals surface area contributed by atoms with Crippen LogP contribution in [0.5, 0.6) is 17.2 Å². The average Bonchev–Trinajstić information content (AvgIpc) is 3.43. The number of amides is 1. The Balaban J connectivity index is 1.21. The van der Waals surface area contributed by atoms with Crippen LogP contribution < -0.4 is 24.8 Å². The lowest BCUT2D eigenvalue weighted by atomic mass is 10.1. The van der Waals surface area contributed by atoms with Gasteiger partial charge in [0.1, 0.15) is 29.4 Å². The minimum atomic E-state index is -0.313. The Bertz CT molecular complexity index is 1500. The van der Waals surface area contributed by atoms with Crippen LogP contribution in [0.15, 0.2) is 73.1 Å². The fourth-order valence-corrected chi connectivity index (χ4v) is 4.66. The number of ether oxygens (including phenoxy) is 3. The molecule has 2 aromatic carbocycles. The van der Waals surface area contributed by atoms with Crippen molar-refractivity contribution in [3.8, 4) is 28.4 Å². The standard InChI is InChI=1S/C29H25ClN4O4/c30-27-13-20(7-9-31-27)21-12-23(29(35)34-16-22-17-37-24-3-1-2-4-25(24)38-22)28(33-15-21)32-14-18-5-6-19-8-10-36-26(19)11-18/h1-7,9,11-13,15,22H,8,10,14,16-17H2,(H,32,33)(H,34,35). The van der Waals surface area contributed by atoms with E-state index < -0.39 is 0 Å².